The topological polar surface area (TPSA) is 72.9 Å². The molecule has 0 aromatic carbocycles. The van der Waals surface area contributed by atoms with E-state index in [1.807, 2.05) is 0 Å². The molecule has 0 fully saturated rings. The second-order valence-corrected chi connectivity index (χ2v) is 3.73. The molecular formula is C11H20N4O. The second kappa shape index (κ2) is 7.00. The summed E-state index contributed by atoms with van der Waals surface area (Å²) in [6.45, 7) is 4.03. The molecule has 0 aliphatic carbocycles. The van der Waals surface area contributed by atoms with Gasteiger partial charge in [0, 0.05) is 25.7 Å². The van der Waals surface area contributed by atoms with E-state index in [0.29, 0.717) is 19.6 Å². The summed E-state index contributed by atoms with van der Waals surface area (Å²) in [6.07, 6.45) is 4.94. The van der Waals surface area contributed by atoms with Crippen molar-refractivity contribution in [2.45, 2.75) is 32.7 Å². The Kier molecular flexibility index (Phi) is 5.56. The van der Waals surface area contributed by atoms with Gasteiger partial charge in [-0.2, -0.15) is 5.10 Å². The molecule has 0 aliphatic rings. The molecule has 1 aromatic rings. The van der Waals surface area contributed by atoms with Crippen LogP contribution >= 0.6 is 0 Å². The molecule has 5 heteroatoms. The van der Waals surface area contributed by atoms with Crippen LogP contribution in [-0.2, 0) is 6.54 Å². The number of aromatic nitrogens is 2. The summed E-state index contributed by atoms with van der Waals surface area (Å²) in [5.74, 6) is 0. The van der Waals surface area contributed by atoms with E-state index in [4.69, 9.17) is 5.73 Å². The monoisotopic (exact) mass is 224 g/mol. The third-order valence-electron chi connectivity index (χ3n) is 2.32. The summed E-state index contributed by atoms with van der Waals surface area (Å²) >= 11 is 0. The molecule has 0 bridgehead atoms. The van der Waals surface area contributed by atoms with E-state index >= 15 is 0 Å². The highest BCUT2D eigenvalue weighted by Gasteiger charge is 1.99. The Morgan fingerprint density at radius 3 is 2.94 bits per heavy atom. The van der Waals surface area contributed by atoms with Gasteiger partial charge in [0.25, 0.3) is 5.56 Å². The van der Waals surface area contributed by atoms with Gasteiger partial charge in [-0.25, -0.2) is 4.68 Å². The highest BCUT2D eigenvalue weighted by Crippen LogP contribution is 2.00. The summed E-state index contributed by atoms with van der Waals surface area (Å²) in [7, 11) is 0. The number of unbranched alkanes of at least 4 members (excludes halogenated alkanes) is 2. The van der Waals surface area contributed by atoms with Crippen LogP contribution in [0.15, 0.2) is 17.1 Å². The van der Waals surface area contributed by atoms with Gasteiger partial charge in [0.05, 0.1) is 11.9 Å². The lowest BCUT2D eigenvalue weighted by Crippen LogP contribution is -2.23. The minimum absolute atomic E-state index is 0.0573. The van der Waals surface area contributed by atoms with E-state index in [-0.39, 0.29) is 5.56 Å². The maximum Gasteiger partial charge on any atom is 0.268 e. The van der Waals surface area contributed by atoms with Crippen molar-refractivity contribution in [3.63, 3.8) is 0 Å². The Morgan fingerprint density at radius 1 is 1.50 bits per heavy atom. The molecular weight excluding hydrogens is 204 g/mol. The summed E-state index contributed by atoms with van der Waals surface area (Å²) in [5.41, 5.74) is 6.04. The normalized spacial score (nSPS) is 10.4. The van der Waals surface area contributed by atoms with Crippen molar-refractivity contribution in [2.75, 3.05) is 18.4 Å². The third-order valence-corrected chi connectivity index (χ3v) is 2.32. The quantitative estimate of drug-likeness (QED) is 0.672. The highest BCUT2D eigenvalue weighted by atomic mass is 16.1. The molecule has 0 radical (unpaired) electrons. The average Bonchev–Trinajstić information content (AvgIpc) is 2.29. The largest absolute Gasteiger partial charge is 0.382 e. The van der Waals surface area contributed by atoms with Crippen LogP contribution in [0.4, 0.5) is 5.69 Å². The molecule has 0 saturated heterocycles. The minimum Gasteiger partial charge on any atom is -0.382 e. The van der Waals surface area contributed by atoms with Crippen LogP contribution in [0.5, 0.6) is 0 Å². The van der Waals surface area contributed by atoms with Crippen molar-refractivity contribution in [1.29, 1.82) is 0 Å². The second-order valence-electron chi connectivity index (χ2n) is 3.73. The molecule has 3 N–H and O–H groups in total. The number of aryl methyl sites for hydroxylation is 1. The first-order valence-electron chi connectivity index (χ1n) is 5.79. The van der Waals surface area contributed by atoms with E-state index in [2.05, 4.69) is 17.3 Å². The first-order chi connectivity index (χ1) is 7.77. The van der Waals surface area contributed by atoms with Gasteiger partial charge in [-0.15, -0.1) is 0 Å². The van der Waals surface area contributed by atoms with Gasteiger partial charge in [0.15, 0.2) is 0 Å². The number of rotatable bonds is 7. The van der Waals surface area contributed by atoms with Crippen LogP contribution < -0.4 is 16.6 Å². The molecule has 1 rings (SSSR count). The zero-order chi connectivity index (χ0) is 11.8. The van der Waals surface area contributed by atoms with E-state index in [9.17, 15) is 4.79 Å². The van der Waals surface area contributed by atoms with Gasteiger partial charge in [0.1, 0.15) is 0 Å². The standard InChI is InChI=1S/C11H20N4O/c1-2-3-4-7-15-11(16)8-10(9-14-15)13-6-5-12/h8-9,13H,2-7,12H2,1H3. The molecule has 16 heavy (non-hydrogen) atoms. The fourth-order valence-electron chi connectivity index (χ4n) is 1.43. The van der Waals surface area contributed by atoms with Crippen molar-refractivity contribution < 1.29 is 0 Å². The Labute approximate surface area is 95.7 Å². The minimum atomic E-state index is -0.0573. The van der Waals surface area contributed by atoms with Crippen molar-refractivity contribution in [1.82, 2.24) is 9.78 Å². The maximum atomic E-state index is 11.6. The molecule has 1 aromatic heterocycles. The van der Waals surface area contributed by atoms with Crippen LogP contribution in [-0.4, -0.2) is 22.9 Å². The van der Waals surface area contributed by atoms with Gasteiger partial charge in [0.2, 0.25) is 0 Å². The lowest BCUT2D eigenvalue weighted by Gasteiger charge is -2.06. The predicted octanol–water partition coefficient (Wildman–Crippen LogP) is 0.804. The summed E-state index contributed by atoms with van der Waals surface area (Å²) in [5, 5.41) is 7.13. The summed E-state index contributed by atoms with van der Waals surface area (Å²) < 4.78 is 1.50. The molecule has 0 amide bonds. The van der Waals surface area contributed by atoms with Crippen LogP contribution in [0.25, 0.3) is 0 Å². The SMILES string of the molecule is CCCCCn1ncc(NCCN)cc1=O. The van der Waals surface area contributed by atoms with E-state index in [0.717, 1.165) is 24.9 Å². The van der Waals surface area contributed by atoms with Crippen molar-refractivity contribution in [2.24, 2.45) is 5.73 Å². The summed E-state index contributed by atoms with van der Waals surface area (Å²) in [6, 6.07) is 1.56. The zero-order valence-corrected chi connectivity index (χ0v) is 9.78. The molecule has 0 saturated carbocycles. The van der Waals surface area contributed by atoms with Crippen LogP contribution in [0.2, 0.25) is 0 Å². The first kappa shape index (κ1) is 12.7. The molecule has 0 atom stereocenters. The average molecular weight is 224 g/mol. The van der Waals surface area contributed by atoms with Crippen LogP contribution in [0.1, 0.15) is 26.2 Å². The third kappa shape index (κ3) is 4.02. The lowest BCUT2D eigenvalue weighted by molar-refractivity contribution is 0.528. The van der Waals surface area contributed by atoms with E-state index < -0.39 is 0 Å². The van der Waals surface area contributed by atoms with Crippen molar-refractivity contribution >= 4 is 5.69 Å². The number of nitrogens with one attached hydrogen (secondary N) is 1. The Balaban J connectivity index is 2.57. The Bertz CT molecular complexity index is 361. The number of nitrogens with zero attached hydrogens (tertiary/aromatic N) is 2. The molecule has 5 nitrogen and oxygen atoms in total. The number of hydrogen-bond donors (Lipinski definition) is 2. The molecule has 0 spiro atoms. The number of hydrogen-bond acceptors (Lipinski definition) is 4. The number of nitrogens with two attached hydrogens (primary N) is 1. The molecule has 90 valence electrons. The van der Waals surface area contributed by atoms with E-state index in [1.165, 1.54) is 4.68 Å². The van der Waals surface area contributed by atoms with Crippen molar-refractivity contribution in [3.8, 4) is 0 Å². The van der Waals surface area contributed by atoms with Crippen LogP contribution in [0.3, 0.4) is 0 Å². The maximum absolute atomic E-state index is 11.6. The molecule has 1 heterocycles. The Morgan fingerprint density at radius 2 is 2.31 bits per heavy atom. The smallest absolute Gasteiger partial charge is 0.268 e. The predicted molar refractivity (Wildman–Crippen MR) is 65.6 cm³/mol. The highest BCUT2D eigenvalue weighted by molar-refractivity contribution is 5.38. The van der Waals surface area contributed by atoms with Crippen LogP contribution in [0, 0.1) is 0 Å². The van der Waals surface area contributed by atoms with Gasteiger partial charge < -0.3 is 11.1 Å². The van der Waals surface area contributed by atoms with E-state index in [1.54, 1.807) is 12.3 Å². The Hall–Kier alpha value is -1.36. The number of anilines is 1. The zero-order valence-electron chi connectivity index (χ0n) is 9.78. The lowest BCUT2D eigenvalue weighted by atomic mass is 10.2. The fraction of sp³-hybridized carbons (Fsp3) is 0.636. The van der Waals surface area contributed by atoms with Gasteiger partial charge >= 0.3 is 0 Å². The fourth-order valence-corrected chi connectivity index (χ4v) is 1.43. The van der Waals surface area contributed by atoms with Gasteiger partial charge in [-0.05, 0) is 6.42 Å². The molecule has 0 unspecified atom stereocenters. The van der Waals surface area contributed by atoms with Crippen molar-refractivity contribution in [3.05, 3.63) is 22.6 Å². The summed E-state index contributed by atoms with van der Waals surface area (Å²) in [4.78, 5) is 11.6. The van der Waals surface area contributed by atoms with Gasteiger partial charge in [-0.3, -0.25) is 4.79 Å². The first-order valence-corrected chi connectivity index (χ1v) is 5.79. The van der Waals surface area contributed by atoms with Gasteiger partial charge in [-0.1, -0.05) is 19.8 Å². The molecule has 0 aliphatic heterocycles.